The fourth-order valence-electron chi connectivity index (χ4n) is 2.05. The van der Waals surface area contributed by atoms with Crippen molar-refractivity contribution in [3.63, 3.8) is 0 Å². The lowest BCUT2D eigenvalue weighted by molar-refractivity contribution is 1.16. The Hall–Kier alpha value is -2.07. The maximum absolute atomic E-state index is 9.04. The second-order valence-corrected chi connectivity index (χ2v) is 4.86. The van der Waals surface area contributed by atoms with Crippen molar-refractivity contribution in [2.45, 2.75) is 41.0 Å². The summed E-state index contributed by atoms with van der Waals surface area (Å²) in [5, 5.41) is 9.04. The smallest absolute Gasteiger partial charge is 0.0994 e. The lowest BCUT2D eigenvalue weighted by Crippen LogP contribution is -1.92. The van der Waals surface area contributed by atoms with Gasteiger partial charge in [0.1, 0.15) is 0 Å². The fraction of sp³-hybridized carbons (Fsp3) is 0.316. The number of nitriles is 1. The number of rotatable bonds is 2. The van der Waals surface area contributed by atoms with Crippen LogP contribution in [0.15, 0.2) is 36.4 Å². The maximum Gasteiger partial charge on any atom is 0.0994 e. The molecule has 104 valence electrons. The summed E-state index contributed by atoms with van der Waals surface area (Å²) in [5.74, 6) is 0. The van der Waals surface area contributed by atoms with E-state index in [0.29, 0.717) is 0 Å². The summed E-state index contributed by atoms with van der Waals surface area (Å²) in [6, 6.07) is 14.9. The van der Waals surface area contributed by atoms with Gasteiger partial charge < -0.3 is 0 Å². The van der Waals surface area contributed by atoms with Crippen LogP contribution in [0.1, 0.15) is 47.2 Å². The molecule has 1 heteroatoms. The van der Waals surface area contributed by atoms with Gasteiger partial charge in [0.05, 0.1) is 11.6 Å². The first-order valence-electron chi connectivity index (χ1n) is 7.16. The van der Waals surface area contributed by atoms with Gasteiger partial charge in [0.25, 0.3) is 0 Å². The number of benzene rings is 2. The molecule has 0 heterocycles. The zero-order valence-electron chi connectivity index (χ0n) is 13.1. The van der Waals surface area contributed by atoms with Crippen LogP contribution in [0, 0.1) is 32.1 Å². The Morgan fingerprint density at radius 1 is 0.800 bits per heavy atom. The maximum atomic E-state index is 9.04. The number of hydrogen-bond acceptors (Lipinski definition) is 1. The van der Waals surface area contributed by atoms with Crippen molar-refractivity contribution in [1.82, 2.24) is 0 Å². The first kappa shape index (κ1) is 16.0. The molecule has 2 rings (SSSR count). The monoisotopic (exact) mass is 265 g/mol. The first-order valence-corrected chi connectivity index (χ1v) is 7.16. The molecule has 20 heavy (non-hydrogen) atoms. The molecule has 1 nitrogen and oxygen atoms in total. The van der Waals surface area contributed by atoms with Crippen LogP contribution in [0.2, 0.25) is 0 Å². The van der Waals surface area contributed by atoms with Gasteiger partial charge in [-0.1, -0.05) is 44.2 Å². The Labute approximate surface area is 122 Å². The molecule has 0 aromatic heterocycles. The summed E-state index contributed by atoms with van der Waals surface area (Å²) >= 11 is 0. The Morgan fingerprint density at radius 2 is 1.35 bits per heavy atom. The minimum Gasteiger partial charge on any atom is -0.192 e. The topological polar surface area (TPSA) is 23.8 Å². The molecule has 0 saturated heterocycles. The van der Waals surface area contributed by atoms with Crippen molar-refractivity contribution in [3.8, 4) is 6.07 Å². The van der Waals surface area contributed by atoms with Crippen LogP contribution in [0.5, 0.6) is 0 Å². The molecule has 0 aliphatic heterocycles. The van der Waals surface area contributed by atoms with Crippen molar-refractivity contribution in [3.05, 3.63) is 69.8 Å². The number of hydrogen-bond donors (Lipinski definition) is 0. The molecule has 0 atom stereocenters. The van der Waals surface area contributed by atoms with Gasteiger partial charge in [-0.3, -0.25) is 0 Å². The van der Waals surface area contributed by atoms with Crippen LogP contribution in [-0.4, -0.2) is 0 Å². The van der Waals surface area contributed by atoms with Gasteiger partial charge >= 0.3 is 0 Å². The molecule has 0 amide bonds. The molecule has 0 saturated carbocycles. The minimum atomic E-state index is 0.774. The molecule has 2 aromatic rings. The predicted molar refractivity (Wildman–Crippen MR) is 86.0 cm³/mol. The van der Waals surface area contributed by atoms with Crippen molar-refractivity contribution < 1.29 is 0 Å². The Morgan fingerprint density at radius 3 is 1.90 bits per heavy atom. The van der Waals surface area contributed by atoms with Crippen LogP contribution in [-0.2, 0) is 6.42 Å². The van der Waals surface area contributed by atoms with Crippen molar-refractivity contribution >= 4 is 0 Å². The molecule has 0 bridgehead atoms. The standard InChI is InChI=1S/C17H17N.C2H6/c1-12-4-6-15(8-14(12)3)9-16-7-5-13(2)17(10-16)11-18;1-2/h4-8,10H,9H2,1-3H3;1-2H3. The van der Waals surface area contributed by atoms with E-state index in [-0.39, 0.29) is 0 Å². The summed E-state index contributed by atoms with van der Waals surface area (Å²) in [5.41, 5.74) is 6.95. The highest BCUT2D eigenvalue weighted by Gasteiger charge is 2.02. The highest BCUT2D eigenvalue weighted by atomic mass is 14.2. The Balaban J connectivity index is 0.000000956. The molecule has 0 aliphatic carbocycles. The SMILES string of the molecule is CC.Cc1ccc(Cc2ccc(C)c(C#N)c2)cc1C. The highest BCUT2D eigenvalue weighted by molar-refractivity contribution is 5.42. The van der Waals surface area contributed by atoms with E-state index >= 15 is 0 Å². The average molecular weight is 265 g/mol. The third-order valence-corrected chi connectivity index (χ3v) is 3.40. The molecular formula is C19H23N. The van der Waals surface area contributed by atoms with Crippen LogP contribution >= 0.6 is 0 Å². The summed E-state index contributed by atoms with van der Waals surface area (Å²) < 4.78 is 0. The molecular weight excluding hydrogens is 242 g/mol. The van der Waals surface area contributed by atoms with Gasteiger partial charge in [-0.15, -0.1) is 0 Å². The zero-order chi connectivity index (χ0) is 15.1. The van der Waals surface area contributed by atoms with Gasteiger partial charge in [-0.05, 0) is 61.1 Å². The van der Waals surface area contributed by atoms with Crippen LogP contribution < -0.4 is 0 Å². The van der Waals surface area contributed by atoms with E-state index in [1.165, 1.54) is 22.3 Å². The third-order valence-electron chi connectivity index (χ3n) is 3.40. The highest BCUT2D eigenvalue weighted by Crippen LogP contribution is 2.16. The van der Waals surface area contributed by atoms with Crippen LogP contribution in [0.25, 0.3) is 0 Å². The van der Waals surface area contributed by atoms with Crippen LogP contribution in [0.3, 0.4) is 0 Å². The summed E-state index contributed by atoms with van der Waals surface area (Å²) in [4.78, 5) is 0. The Kier molecular flexibility index (Phi) is 6.00. The molecule has 0 spiro atoms. The summed E-state index contributed by atoms with van der Waals surface area (Å²) in [6.07, 6.45) is 0.885. The van der Waals surface area contributed by atoms with Crippen molar-refractivity contribution in [2.75, 3.05) is 0 Å². The van der Waals surface area contributed by atoms with Gasteiger partial charge in [-0.2, -0.15) is 5.26 Å². The van der Waals surface area contributed by atoms with E-state index in [1.54, 1.807) is 0 Å². The lowest BCUT2D eigenvalue weighted by Gasteiger charge is -2.07. The van der Waals surface area contributed by atoms with Gasteiger partial charge in [0.2, 0.25) is 0 Å². The fourth-order valence-corrected chi connectivity index (χ4v) is 2.05. The van der Waals surface area contributed by atoms with E-state index in [4.69, 9.17) is 5.26 Å². The van der Waals surface area contributed by atoms with Crippen molar-refractivity contribution in [2.24, 2.45) is 0 Å². The second-order valence-electron chi connectivity index (χ2n) is 4.86. The van der Waals surface area contributed by atoms with Crippen molar-refractivity contribution in [1.29, 1.82) is 5.26 Å². The van der Waals surface area contributed by atoms with Gasteiger partial charge in [0.15, 0.2) is 0 Å². The van der Waals surface area contributed by atoms with Gasteiger partial charge in [-0.25, -0.2) is 0 Å². The van der Waals surface area contributed by atoms with Crippen LogP contribution in [0.4, 0.5) is 0 Å². The predicted octanol–water partition coefficient (Wildman–Crippen LogP) is 5.10. The quantitative estimate of drug-likeness (QED) is 0.741. The second kappa shape index (κ2) is 7.50. The molecule has 0 unspecified atom stereocenters. The van der Waals surface area contributed by atoms with E-state index in [0.717, 1.165) is 17.5 Å². The molecule has 0 fully saturated rings. The van der Waals surface area contributed by atoms with E-state index in [2.05, 4.69) is 44.2 Å². The molecule has 0 radical (unpaired) electrons. The van der Waals surface area contributed by atoms with Gasteiger partial charge in [0, 0.05) is 0 Å². The normalized spacial score (nSPS) is 9.40. The number of nitrogens with zero attached hydrogens (tertiary/aromatic N) is 1. The van der Waals surface area contributed by atoms with E-state index < -0.39 is 0 Å². The molecule has 2 aromatic carbocycles. The molecule has 0 aliphatic rings. The minimum absolute atomic E-state index is 0.774. The third kappa shape index (κ3) is 3.96. The largest absolute Gasteiger partial charge is 0.192 e. The number of aryl methyl sites for hydroxylation is 3. The van der Waals surface area contributed by atoms with E-state index in [1.807, 2.05) is 32.9 Å². The van der Waals surface area contributed by atoms with E-state index in [9.17, 15) is 0 Å². The summed E-state index contributed by atoms with van der Waals surface area (Å²) in [7, 11) is 0. The lowest BCUT2D eigenvalue weighted by atomic mass is 9.98. The Bertz CT molecular complexity index is 618. The zero-order valence-corrected chi connectivity index (χ0v) is 13.1. The molecule has 0 N–H and O–H groups in total. The average Bonchev–Trinajstić information content (AvgIpc) is 2.47. The first-order chi connectivity index (χ1) is 9.60. The summed E-state index contributed by atoms with van der Waals surface area (Å²) in [6.45, 7) is 10.2.